The highest BCUT2D eigenvalue weighted by atomic mass is 35.5. The van der Waals surface area contributed by atoms with Crippen LogP contribution in [-0.4, -0.2) is 44.8 Å². The SMILES string of the molecule is CCCC[N+](CCCC)(CCCC)CCCCS(=O)(=O)/C=C(\C)c1ccc(Cl)s1. The lowest BCUT2D eigenvalue weighted by Crippen LogP contribution is -2.50. The van der Waals surface area contributed by atoms with Gasteiger partial charge in [-0.25, -0.2) is 8.42 Å². The minimum Gasteiger partial charge on any atom is -0.324 e. The third-order valence-corrected chi connectivity index (χ3v) is 8.52. The molecule has 0 saturated carbocycles. The first-order valence-corrected chi connectivity index (χ1v) is 14.2. The Morgan fingerprint density at radius 1 is 0.931 bits per heavy atom. The first kappa shape index (κ1) is 26.7. The van der Waals surface area contributed by atoms with Crippen LogP contribution in [0.15, 0.2) is 17.5 Å². The van der Waals surface area contributed by atoms with Gasteiger partial charge >= 0.3 is 0 Å². The van der Waals surface area contributed by atoms with Gasteiger partial charge in [-0.15, -0.1) is 11.3 Å². The van der Waals surface area contributed by atoms with Gasteiger partial charge in [-0.05, 0) is 56.7 Å². The summed E-state index contributed by atoms with van der Waals surface area (Å²) in [6, 6.07) is 3.70. The second kappa shape index (κ2) is 13.8. The van der Waals surface area contributed by atoms with E-state index in [-0.39, 0.29) is 5.75 Å². The Kier molecular flexibility index (Phi) is 12.7. The third-order valence-electron chi connectivity index (χ3n) is 5.59. The van der Waals surface area contributed by atoms with Crippen molar-refractivity contribution in [3.8, 4) is 0 Å². The smallest absolute Gasteiger partial charge is 0.171 e. The molecule has 1 heterocycles. The Labute approximate surface area is 188 Å². The van der Waals surface area contributed by atoms with E-state index in [1.807, 2.05) is 19.1 Å². The van der Waals surface area contributed by atoms with Crippen molar-refractivity contribution in [2.45, 2.75) is 79.1 Å². The van der Waals surface area contributed by atoms with E-state index < -0.39 is 9.84 Å². The van der Waals surface area contributed by atoms with Crippen LogP contribution in [-0.2, 0) is 9.84 Å². The highest BCUT2D eigenvalue weighted by molar-refractivity contribution is 7.94. The van der Waals surface area contributed by atoms with Gasteiger partial charge in [0.05, 0.1) is 36.3 Å². The lowest BCUT2D eigenvalue weighted by molar-refractivity contribution is -0.929. The first-order chi connectivity index (χ1) is 13.8. The summed E-state index contributed by atoms with van der Waals surface area (Å²) in [7, 11) is -3.19. The van der Waals surface area contributed by atoms with Gasteiger partial charge in [0.25, 0.3) is 0 Å². The van der Waals surface area contributed by atoms with E-state index in [1.54, 1.807) is 0 Å². The molecule has 0 aliphatic rings. The number of unbranched alkanes of at least 4 members (excludes halogenated alkanes) is 4. The van der Waals surface area contributed by atoms with Crippen LogP contribution >= 0.6 is 22.9 Å². The van der Waals surface area contributed by atoms with Crippen molar-refractivity contribution < 1.29 is 12.9 Å². The van der Waals surface area contributed by atoms with E-state index in [0.717, 1.165) is 29.8 Å². The van der Waals surface area contributed by atoms with E-state index in [2.05, 4.69) is 20.8 Å². The summed E-state index contributed by atoms with van der Waals surface area (Å²) in [6.45, 7) is 13.5. The van der Waals surface area contributed by atoms with E-state index in [1.165, 1.54) is 79.4 Å². The number of halogens is 1. The van der Waals surface area contributed by atoms with E-state index in [4.69, 9.17) is 11.6 Å². The van der Waals surface area contributed by atoms with Gasteiger partial charge in [0.1, 0.15) is 0 Å². The molecule has 0 aliphatic heterocycles. The van der Waals surface area contributed by atoms with Gasteiger partial charge in [-0.1, -0.05) is 51.6 Å². The number of allylic oxidation sites excluding steroid dienone is 1. The van der Waals surface area contributed by atoms with Gasteiger partial charge in [-0.3, -0.25) is 0 Å². The van der Waals surface area contributed by atoms with E-state index in [0.29, 0.717) is 4.34 Å². The van der Waals surface area contributed by atoms with Crippen LogP contribution in [0, 0.1) is 0 Å². The number of nitrogens with zero attached hydrogens (tertiary/aromatic N) is 1. The van der Waals surface area contributed by atoms with Crippen LogP contribution in [0.2, 0.25) is 4.34 Å². The predicted molar refractivity (Wildman–Crippen MR) is 130 cm³/mol. The van der Waals surface area contributed by atoms with Crippen LogP contribution in [0.1, 0.15) is 83.9 Å². The zero-order valence-corrected chi connectivity index (χ0v) is 21.3. The molecular formula is C23H41ClNO2S2+. The maximum atomic E-state index is 12.6. The average Bonchev–Trinajstić information content (AvgIpc) is 3.12. The second-order valence-electron chi connectivity index (χ2n) is 8.28. The van der Waals surface area contributed by atoms with Gasteiger partial charge in [0, 0.05) is 10.3 Å². The summed E-state index contributed by atoms with van der Waals surface area (Å²) in [5.74, 6) is 0.235. The van der Waals surface area contributed by atoms with Crippen molar-refractivity contribution in [1.29, 1.82) is 0 Å². The van der Waals surface area contributed by atoms with Crippen molar-refractivity contribution in [3.63, 3.8) is 0 Å². The van der Waals surface area contributed by atoms with Crippen molar-refractivity contribution in [3.05, 3.63) is 26.8 Å². The van der Waals surface area contributed by atoms with Crippen molar-refractivity contribution in [1.82, 2.24) is 0 Å². The molecule has 0 saturated heterocycles. The topological polar surface area (TPSA) is 34.1 Å². The molecule has 0 fully saturated rings. The predicted octanol–water partition coefficient (Wildman–Crippen LogP) is 7.17. The Hall–Kier alpha value is -0.360. The molecule has 1 aromatic rings. The molecule has 0 radical (unpaired) electrons. The quantitative estimate of drug-likeness (QED) is 0.192. The summed E-state index contributed by atoms with van der Waals surface area (Å²) in [6.07, 6.45) is 9.18. The number of quaternary nitrogens is 1. The Morgan fingerprint density at radius 2 is 1.45 bits per heavy atom. The number of sulfone groups is 1. The van der Waals surface area contributed by atoms with Crippen LogP contribution < -0.4 is 0 Å². The molecule has 0 aromatic carbocycles. The Bertz CT molecular complexity index is 688. The highest BCUT2D eigenvalue weighted by Crippen LogP contribution is 2.28. The van der Waals surface area contributed by atoms with Gasteiger partial charge in [0.2, 0.25) is 0 Å². The largest absolute Gasteiger partial charge is 0.324 e. The molecule has 1 aromatic heterocycles. The van der Waals surface area contributed by atoms with Crippen LogP contribution in [0.5, 0.6) is 0 Å². The molecule has 1 rings (SSSR count). The monoisotopic (exact) mass is 462 g/mol. The normalized spacial score (nSPS) is 13.2. The van der Waals surface area contributed by atoms with Crippen LogP contribution in [0.25, 0.3) is 5.57 Å². The fourth-order valence-electron chi connectivity index (χ4n) is 3.81. The fourth-order valence-corrected chi connectivity index (χ4v) is 6.29. The molecule has 0 amide bonds. The average molecular weight is 463 g/mol. The van der Waals surface area contributed by atoms with Crippen LogP contribution in [0.3, 0.4) is 0 Å². The molecular weight excluding hydrogens is 422 g/mol. The fraction of sp³-hybridized carbons (Fsp3) is 0.739. The molecule has 0 spiro atoms. The highest BCUT2D eigenvalue weighted by Gasteiger charge is 2.25. The van der Waals surface area contributed by atoms with Gasteiger partial charge in [0.15, 0.2) is 9.84 Å². The van der Waals surface area contributed by atoms with Gasteiger partial charge < -0.3 is 4.48 Å². The zero-order chi connectivity index (χ0) is 21.8. The van der Waals surface area contributed by atoms with Crippen LogP contribution in [0.4, 0.5) is 0 Å². The summed E-state index contributed by atoms with van der Waals surface area (Å²) < 4.78 is 27.0. The number of hydrogen-bond donors (Lipinski definition) is 0. The zero-order valence-electron chi connectivity index (χ0n) is 18.9. The lowest BCUT2D eigenvalue weighted by Gasteiger charge is -2.39. The molecule has 0 aliphatic carbocycles. The minimum atomic E-state index is -3.19. The lowest BCUT2D eigenvalue weighted by atomic mass is 10.1. The minimum absolute atomic E-state index is 0.235. The summed E-state index contributed by atoms with van der Waals surface area (Å²) in [5.41, 5.74) is 0.779. The number of thiophene rings is 1. The third kappa shape index (κ3) is 10.5. The maximum absolute atomic E-state index is 12.6. The maximum Gasteiger partial charge on any atom is 0.171 e. The number of rotatable bonds is 16. The standard InChI is InChI=1S/C23H41ClNO2S2/c1-5-8-15-25(16-9-6-2,17-10-7-3)18-11-12-19-29(26,27)20-21(4)22-13-14-23(24)28-22/h13-14,20H,5-12,15-19H2,1-4H3/q+1/b21-20+. The number of hydrogen-bond acceptors (Lipinski definition) is 3. The summed E-state index contributed by atoms with van der Waals surface area (Å²) >= 11 is 7.39. The molecule has 168 valence electrons. The van der Waals surface area contributed by atoms with Crippen molar-refractivity contribution >= 4 is 38.3 Å². The van der Waals surface area contributed by atoms with Crippen molar-refractivity contribution in [2.24, 2.45) is 0 Å². The Morgan fingerprint density at radius 3 is 1.90 bits per heavy atom. The first-order valence-electron chi connectivity index (χ1n) is 11.3. The van der Waals surface area contributed by atoms with E-state index in [9.17, 15) is 8.42 Å². The van der Waals surface area contributed by atoms with Crippen molar-refractivity contribution in [2.75, 3.05) is 31.9 Å². The summed E-state index contributed by atoms with van der Waals surface area (Å²) in [5, 5.41) is 1.43. The Balaban J connectivity index is 2.67. The molecule has 0 atom stereocenters. The van der Waals surface area contributed by atoms with Gasteiger partial charge in [-0.2, -0.15) is 0 Å². The molecule has 0 unspecified atom stereocenters. The molecule has 0 bridgehead atoms. The molecule has 3 nitrogen and oxygen atoms in total. The molecule has 29 heavy (non-hydrogen) atoms. The molecule has 6 heteroatoms. The van der Waals surface area contributed by atoms with E-state index >= 15 is 0 Å². The molecule has 0 N–H and O–H groups in total. The summed E-state index contributed by atoms with van der Waals surface area (Å²) in [4.78, 5) is 0.924. The second-order valence-corrected chi connectivity index (χ2v) is 12.0.